The smallest absolute Gasteiger partial charge is 0.387 e. The number of anilines is 1. The summed E-state index contributed by atoms with van der Waals surface area (Å²) < 4.78 is 34.3. The first-order valence-electron chi connectivity index (χ1n) is 7.96. The normalized spacial score (nSPS) is 15.4. The van der Waals surface area contributed by atoms with Gasteiger partial charge in [0.05, 0.1) is 12.8 Å². The van der Waals surface area contributed by atoms with Gasteiger partial charge >= 0.3 is 6.61 Å². The highest BCUT2D eigenvalue weighted by atomic mass is 32.1. The molecule has 1 N–H and O–H groups in total. The first-order chi connectivity index (χ1) is 12.9. The van der Waals surface area contributed by atoms with E-state index in [9.17, 15) is 13.6 Å². The summed E-state index contributed by atoms with van der Waals surface area (Å²) in [6, 6.07) is 11.8. The number of nitrogens with one attached hydrogen (secondary N) is 1. The van der Waals surface area contributed by atoms with Crippen LogP contribution in [-0.4, -0.2) is 24.7 Å². The van der Waals surface area contributed by atoms with E-state index < -0.39 is 6.61 Å². The van der Waals surface area contributed by atoms with Gasteiger partial charge in [0.2, 0.25) is 0 Å². The molecule has 1 amide bonds. The van der Waals surface area contributed by atoms with Gasteiger partial charge in [0, 0.05) is 0 Å². The van der Waals surface area contributed by atoms with Crippen LogP contribution in [0.1, 0.15) is 11.1 Å². The van der Waals surface area contributed by atoms with Gasteiger partial charge in [-0.15, -0.1) is 0 Å². The third-order valence-electron chi connectivity index (χ3n) is 3.95. The van der Waals surface area contributed by atoms with Crippen LogP contribution >= 0.6 is 12.2 Å². The highest BCUT2D eigenvalue weighted by molar-refractivity contribution is 7.80. The Balaban J connectivity index is 1.91. The fraction of sp³-hybridized carbons (Fsp3) is 0.158. The van der Waals surface area contributed by atoms with E-state index >= 15 is 0 Å². The number of halogens is 2. The Morgan fingerprint density at radius 3 is 2.59 bits per heavy atom. The van der Waals surface area contributed by atoms with Crippen LogP contribution in [0.2, 0.25) is 0 Å². The molecule has 0 bridgehead atoms. The lowest BCUT2D eigenvalue weighted by atomic mass is 10.1. The van der Waals surface area contributed by atoms with Crippen LogP contribution in [0.4, 0.5) is 14.5 Å². The zero-order valence-electron chi connectivity index (χ0n) is 14.5. The standard InChI is InChI=1S/C19H16F2N2O3S/c1-11-5-3-4-6-14(11)23-17(24)13(22-19(23)27)9-12-7-8-15(26-18(20)21)16(10-12)25-2/h3-10,18H,1-2H3,(H,22,27)/b13-9+. The van der Waals surface area contributed by atoms with E-state index in [4.69, 9.17) is 17.0 Å². The molecule has 0 aliphatic carbocycles. The third-order valence-corrected chi connectivity index (χ3v) is 4.23. The molecule has 1 saturated heterocycles. The molecule has 3 rings (SSSR count). The van der Waals surface area contributed by atoms with Crippen LogP contribution in [0.5, 0.6) is 11.5 Å². The predicted octanol–water partition coefficient (Wildman–Crippen LogP) is 3.87. The van der Waals surface area contributed by atoms with E-state index in [-0.39, 0.29) is 28.2 Å². The number of benzene rings is 2. The molecule has 2 aromatic carbocycles. The van der Waals surface area contributed by atoms with Crippen molar-refractivity contribution in [3.63, 3.8) is 0 Å². The van der Waals surface area contributed by atoms with E-state index in [1.54, 1.807) is 12.1 Å². The fourth-order valence-electron chi connectivity index (χ4n) is 2.70. The molecule has 5 nitrogen and oxygen atoms in total. The molecule has 0 unspecified atom stereocenters. The minimum atomic E-state index is -2.96. The maximum Gasteiger partial charge on any atom is 0.387 e. The summed E-state index contributed by atoms with van der Waals surface area (Å²) in [5, 5.41) is 3.16. The van der Waals surface area contributed by atoms with Gasteiger partial charge in [-0.05, 0) is 54.5 Å². The largest absolute Gasteiger partial charge is 0.493 e. The molecule has 0 saturated carbocycles. The Labute approximate surface area is 160 Å². The van der Waals surface area contributed by atoms with Gasteiger partial charge in [-0.25, -0.2) is 0 Å². The van der Waals surface area contributed by atoms with Crippen molar-refractivity contribution < 1.29 is 23.0 Å². The summed E-state index contributed by atoms with van der Waals surface area (Å²) in [4.78, 5) is 14.2. The van der Waals surface area contributed by atoms with Crippen LogP contribution < -0.4 is 19.7 Å². The highest BCUT2D eigenvalue weighted by Gasteiger charge is 2.32. The lowest BCUT2D eigenvalue weighted by Crippen LogP contribution is -2.30. The lowest BCUT2D eigenvalue weighted by Gasteiger charge is -2.16. The van der Waals surface area contributed by atoms with Gasteiger partial charge in [-0.1, -0.05) is 24.3 Å². The number of rotatable bonds is 5. The molecular weight excluding hydrogens is 374 g/mol. The summed E-state index contributed by atoms with van der Waals surface area (Å²) in [7, 11) is 1.35. The van der Waals surface area contributed by atoms with Crippen molar-refractivity contribution in [3.8, 4) is 11.5 Å². The Morgan fingerprint density at radius 1 is 1.19 bits per heavy atom. The average molecular weight is 390 g/mol. The Bertz CT molecular complexity index is 931. The molecule has 1 aliphatic rings. The molecule has 27 heavy (non-hydrogen) atoms. The molecule has 1 aliphatic heterocycles. The molecule has 0 radical (unpaired) electrons. The van der Waals surface area contributed by atoms with E-state index in [1.165, 1.54) is 24.1 Å². The maximum atomic E-state index is 12.8. The number of hydrogen-bond acceptors (Lipinski definition) is 4. The summed E-state index contributed by atoms with van der Waals surface area (Å²) >= 11 is 5.29. The first-order valence-corrected chi connectivity index (χ1v) is 8.37. The maximum absolute atomic E-state index is 12.8. The number of carbonyl (C=O) groups excluding carboxylic acids is 1. The molecule has 0 aromatic heterocycles. The molecular formula is C19H16F2N2O3S. The number of hydrogen-bond donors (Lipinski definition) is 1. The Hall–Kier alpha value is -3.00. The number of alkyl halides is 2. The van der Waals surface area contributed by atoms with Crippen molar-refractivity contribution in [1.29, 1.82) is 0 Å². The molecule has 0 spiro atoms. The van der Waals surface area contributed by atoms with Crippen molar-refractivity contribution in [2.45, 2.75) is 13.5 Å². The molecule has 8 heteroatoms. The topological polar surface area (TPSA) is 50.8 Å². The van der Waals surface area contributed by atoms with E-state index in [2.05, 4.69) is 10.1 Å². The molecule has 1 heterocycles. The van der Waals surface area contributed by atoms with Crippen molar-refractivity contribution in [2.24, 2.45) is 0 Å². The molecule has 1 fully saturated rings. The number of nitrogens with zero attached hydrogens (tertiary/aromatic N) is 1. The van der Waals surface area contributed by atoms with Crippen molar-refractivity contribution >= 4 is 35.0 Å². The summed E-state index contributed by atoms with van der Waals surface area (Å²) in [6.45, 7) is -1.07. The number of thiocarbonyl (C=S) groups is 1. The second kappa shape index (κ2) is 7.71. The minimum absolute atomic E-state index is 0.0857. The van der Waals surface area contributed by atoms with Crippen molar-refractivity contribution in [2.75, 3.05) is 12.0 Å². The van der Waals surface area contributed by atoms with Crippen LogP contribution in [-0.2, 0) is 4.79 Å². The van der Waals surface area contributed by atoms with Gasteiger partial charge in [0.15, 0.2) is 16.6 Å². The van der Waals surface area contributed by atoms with Crippen LogP contribution in [0.25, 0.3) is 6.08 Å². The summed E-state index contributed by atoms with van der Waals surface area (Å²) in [5.41, 5.74) is 2.44. The zero-order chi connectivity index (χ0) is 19.6. The second-order valence-corrected chi connectivity index (χ2v) is 6.09. The van der Waals surface area contributed by atoms with Gasteiger partial charge in [-0.2, -0.15) is 8.78 Å². The Morgan fingerprint density at radius 2 is 1.93 bits per heavy atom. The average Bonchev–Trinajstić information content (AvgIpc) is 2.90. The monoisotopic (exact) mass is 390 g/mol. The lowest BCUT2D eigenvalue weighted by molar-refractivity contribution is -0.113. The predicted molar refractivity (Wildman–Crippen MR) is 102 cm³/mol. The molecule has 2 aromatic rings. The van der Waals surface area contributed by atoms with Gasteiger partial charge in [0.1, 0.15) is 5.70 Å². The Kier molecular flexibility index (Phi) is 5.36. The van der Waals surface area contributed by atoms with E-state index in [1.807, 2.05) is 31.2 Å². The van der Waals surface area contributed by atoms with Gasteiger partial charge < -0.3 is 14.8 Å². The number of aryl methyl sites for hydroxylation is 1. The summed E-state index contributed by atoms with van der Waals surface area (Å²) in [6.07, 6.45) is 1.57. The minimum Gasteiger partial charge on any atom is -0.493 e. The van der Waals surface area contributed by atoms with Crippen LogP contribution in [0.15, 0.2) is 48.2 Å². The number of para-hydroxylation sites is 1. The summed E-state index contributed by atoms with van der Waals surface area (Å²) in [5.74, 6) is -0.257. The number of methoxy groups -OCH3 is 1. The van der Waals surface area contributed by atoms with Gasteiger partial charge in [0.25, 0.3) is 5.91 Å². The van der Waals surface area contributed by atoms with E-state index in [0.29, 0.717) is 11.3 Å². The molecule has 0 atom stereocenters. The van der Waals surface area contributed by atoms with Crippen LogP contribution in [0, 0.1) is 6.92 Å². The highest BCUT2D eigenvalue weighted by Crippen LogP contribution is 2.31. The van der Waals surface area contributed by atoms with Crippen molar-refractivity contribution in [3.05, 3.63) is 59.3 Å². The molecule has 140 valence electrons. The second-order valence-electron chi connectivity index (χ2n) is 5.70. The number of ether oxygens (including phenoxy) is 2. The third kappa shape index (κ3) is 3.90. The number of carbonyl (C=O) groups is 1. The SMILES string of the molecule is COc1cc(/C=C2/NC(=S)N(c3ccccc3C)C2=O)ccc1OC(F)F. The van der Waals surface area contributed by atoms with Gasteiger partial charge in [-0.3, -0.25) is 9.69 Å². The zero-order valence-corrected chi connectivity index (χ0v) is 15.3. The van der Waals surface area contributed by atoms with E-state index in [0.717, 1.165) is 5.56 Å². The quantitative estimate of drug-likeness (QED) is 0.621. The number of amides is 1. The van der Waals surface area contributed by atoms with Crippen LogP contribution in [0.3, 0.4) is 0 Å². The van der Waals surface area contributed by atoms with Crippen molar-refractivity contribution in [1.82, 2.24) is 5.32 Å². The fourth-order valence-corrected chi connectivity index (χ4v) is 2.99. The first kappa shape index (κ1) is 18.8.